The van der Waals surface area contributed by atoms with E-state index in [9.17, 15) is 22.4 Å². The number of anilines is 1. The van der Waals surface area contributed by atoms with Crippen molar-refractivity contribution in [2.45, 2.75) is 32.9 Å². The van der Waals surface area contributed by atoms with Crippen LogP contribution in [0.1, 0.15) is 25.8 Å². The van der Waals surface area contributed by atoms with Gasteiger partial charge in [-0.25, -0.2) is 12.8 Å². The molecule has 0 saturated carbocycles. The minimum Gasteiger partial charge on any atom is -0.497 e. The average molecular weight is 514 g/mol. The van der Waals surface area contributed by atoms with Gasteiger partial charge in [-0.15, -0.1) is 0 Å². The Kier molecular flexibility index (Phi) is 9.69. The average Bonchev–Trinajstić information content (AvgIpc) is 2.79. The zero-order valence-corrected chi connectivity index (χ0v) is 21.1. The highest BCUT2D eigenvalue weighted by Crippen LogP contribution is 2.25. The van der Waals surface area contributed by atoms with Gasteiger partial charge in [0.05, 0.1) is 24.1 Å². The van der Waals surface area contributed by atoms with E-state index in [1.807, 2.05) is 0 Å². The van der Waals surface area contributed by atoms with E-state index in [0.29, 0.717) is 18.7 Å². The third-order valence-electron chi connectivity index (χ3n) is 5.12. The lowest BCUT2D eigenvalue weighted by molar-refractivity contribution is -0.140. The Bertz CT molecular complexity index is 1110. The van der Waals surface area contributed by atoms with Gasteiger partial charge in [0.15, 0.2) is 0 Å². The fourth-order valence-corrected chi connectivity index (χ4v) is 4.41. The maximum Gasteiger partial charge on any atom is 0.244 e. The molecule has 34 heavy (non-hydrogen) atoms. The Hall–Kier alpha value is -2.85. The standard InChI is InChI=1S/C23H29ClFN3O5S/c1-5-21(23(30)26-6-2)27(14-16-7-10-18(33-3)11-8-16)22(29)15-28(34(4,31)32)17-9-12-20(25)19(24)13-17/h7-13,21H,5-6,14-15H2,1-4H3,(H,26,30). The predicted molar refractivity (Wildman–Crippen MR) is 130 cm³/mol. The highest BCUT2D eigenvalue weighted by Gasteiger charge is 2.31. The summed E-state index contributed by atoms with van der Waals surface area (Å²) in [5.41, 5.74) is 0.769. The van der Waals surface area contributed by atoms with Crippen LogP contribution in [-0.2, 0) is 26.2 Å². The first-order chi connectivity index (χ1) is 16.0. The highest BCUT2D eigenvalue weighted by molar-refractivity contribution is 7.92. The van der Waals surface area contributed by atoms with Crippen LogP contribution in [0.5, 0.6) is 5.75 Å². The molecule has 2 aromatic carbocycles. The number of halogens is 2. The van der Waals surface area contributed by atoms with Crippen molar-refractivity contribution in [3.05, 3.63) is 58.9 Å². The van der Waals surface area contributed by atoms with Crippen molar-refractivity contribution in [2.75, 3.05) is 30.8 Å². The number of nitrogens with zero attached hydrogens (tertiary/aromatic N) is 2. The minimum absolute atomic E-state index is 0.0395. The van der Waals surface area contributed by atoms with E-state index >= 15 is 0 Å². The molecule has 0 bridgehead atoms. The summed E-state index contributed by atoms with van der Waals surface area (Å²) in [5.74, 6) is -1.02. The van der Waals surface area contributed by atoms with Crippen LogP contribution in [0, 0.1) is 5.82 Å². The monoisotopic (exact) mass is 513 g/mol. The molecule has 0 spiro atoms. The molecule has 11 heteroatoms. The zero-order chi connectivity index (χ0) is 25.5. The molecule has 0 radical (unpaired) electrons. The second kappa shape index (κ2) is 12.0. The first kappa shape index (κ1) is 27.4. The number of likely N-dealkylation sites (N-methyl/N-ethyl adjacent to an activating group) is 1. The molecule has 1 unspecified atom stereocenters. The minimum atomic E-state index is -3.93. The molecule has 0 saturated heterocycles. The number of carbonyl (C=O) groups is 2. The topological polar surface area (TPSA) is 96.0 Å². The molecule has 2 rings (SSSR count). The van der Waals surface area contributed by atoms with Gasteiger partial charge >= 0.3 is 0 Å². The summed E-state index contributed by atoms with van der Waals surface area (Å²) in [6.45, 7) is 3.39. The van der Waals surface area contributed by atoms with Crippen molar-refractivity contribution < 1.29 is 27.1 Å². The molecule has 186 valence electrons. The quantitative estimate of drug-likeness (QED) is 0.498. The van der Waals surface area contributed by atoms with Gasteiger partial charge in [0.2, 0.25) is 21.8 Å². The lowest BCUT2D eigenvalue weighted by atomic mass is 10.1. The number of hydrogen-bond donors (Lipinski definition) is 1. The van der Waals surface area contributed by atoms with Gasteiger partial charge in [0.25, 0.3) is 0 Å². The number of amides is 2. The number of hydrogen-bond acceptors (Lipinski definition) is 5. The maximum atomic E-state index is 13.6. The van der Waals surface area contributed by atoms with Crippen LogP contribution in [0.4, 0.5) is 10.1 Å². The van der Waals surface area contributed by atoms with E-state index in [1.165, 1.54) is 18.1 Å². The first-order valence-electron chi connectivity index (χ1n) is 10.6. The third-order valence-corrected chi connectivity index (χ3v) is 6.55. The Morgan fingerprint density at radius 3 is 2.29 bits per heavy atom. The summed E-state index contributed by atoms with van der Waals surface area (Å²) in [7, 11) is -2.40. The van der Waals surface area contributed by atoms with Crippen molar-refractivity contribution in [3.63, 3.8) is 0 Å². The van der Waals surface area contributed by atoms with Crippen molar-refractivity contribution in [1.29, 1.82) is 0 Å². The van der Waals surface area contributed by atoms with E-state index in [-0.39, 0.29) is 23.2 Å². The van der Waals surface area contributed by atoms with Crippen LogP contribution < -0.4 is 14.4 Å². The summed E-state index contributed by atoms with van der Waals surface area (Å²) in [5, 5.41) is 2.45. The molecule has 0 aromatic heterocycles. The summed E-state index contributed by atoms with van der Waals surface area (Å²) in [6, 6.07) is 9.55. The van der Waals surface area contributed by atoms with Gasteiger partial charge in [-0.1, -0.05) is 30.7 Å². The van der Waals surface area contributed by atoms with Gasteiger partial charge in [-0.3, -0.25) is 13.9 Å². The number of carbonyl (C=O) groups excluding carboxylic acids is 2. The van der Waals surface area contributed by atoms with Gasteiger partial charge in [0, 0.05) is 13.1 Å². The summed E-state index contributed by atoms with van der Waals surface area (Å²) in [4.78, 5) is 27.5. The van der Waals surface area contributed by atoms with Crippen molar-refractivity contribution in [3.8, 4) is 5.75 Å². The molecular formula is C23H29ClFN3O5S. The molecule has 8 nitrogen and oxygen atoms in total. The first-order valence-corrected chi connectivity index (χ1v) is 12.9. The van der Waals surface area contributed by atoms with Gasteiger partial charge in [-0.05, 0) is 49.2 Å². The molecule has 0 aliphatic rings. The van der Waals surface area contributed by atoms with Crippen LogP contribution in [-0.4, -0.2) is 57.6 Å². The number of methoxy groups -OCH3 is 1. The van der Waals surface area contributed by atoms with Crippen LogP contribution in [0.25, 0.3) is 0 Å². The Labute approximate surface area is 204 Å². The van der Waals surface area contributed by atoms with Crippen LogP contribution in [0.3, 0.4) is 0 Å². The molecule has 0 fully saturated rings. The molecule has 1 atom stereocenters. The summed E-state index contributed by atoms with van der Waals surface area (Å²) < 4.78 is 44.7. The molecular weight excluding hydrogens is 485 g/mol. The number of sulfonamides is 1. The molecule has 2 aromatic rings. The fraction of sp³-hybridized carbons (Fsp3) is 0.391. The SMILES string of the molecule is CCNC(=O)C(CC)N(Cc1ccc(OC)cc1)C(=O)CN(c1ccc(F)c(Cl)c1)S(C)(=O)=O. The number of benzene rings is 2. The maximum absolute atomic E-state index is 13.6. The van der Waals surface area contributed by atoms with E-state index < -0.39 is 34.3 Å². The fourth-order valence-electron chi connectivity index (χ4n) is 3.39. The summed E-state index contributed by atoms with van der Waals surface area (Å²) >= 11 is 5.83. The number of nitrogens with one attached hydrogen (secondary N) is 1. The van der Waals surface area contributed by atoms with Gasteiger partial charge < -0.3 is 15.0 Å². The van der Waals surface area contributed by atoms with Crippen molar-refractivity contribution in [2.24, 2.45) is 0 Å². The molecule has 1 N–H and O–H groups in total. The van der Waals surface area contributed by atoms with Crippen LogP contribution in [0.2, 0.25) is 5.02 Å². The predicted octanol–water partition coefficient (Wildman–Crippen LogP) is 3.20. The second-order valence-corrected chi connectivity index (χ2v) is 9.87. The smallest absolute Gasteiger partial charge is 0.244 e. The Morgan fingerprint density at radius 1 is 1.15 bits per heavy atom. The third kappa shape index (κ3) is 7.07. The van der Waals surface area contributed by atoms with Crippen LogP contribution in [0.15, 0.2) is 42.5 Å². The number of ether oxygens (including phenoxy) is 1. The number of rotatable bonds is 11. The van der Waals surface area contributed by atoms with Crippen molar-refractivity contribution >= 4 is 39.1 Å². The van der Waals surface area contributed by atoms with Gasteiger partial charge in [0.1, 0.15) is 24.2 Å². The van der Waals surface area contributed by atoms with E-state index in [2.05, 4.69) is 5.32 Å². The largest absolute Gasteiger partial charge is 0.497 e. The van der Waals surface area contributed by atoms with Crippen LogP contribution >= 0.6 is 11.6 Å². The molecule has 0 aliphatic carbocycles. The second-order valence-electron chi connectivity index (χ2n) is 7.56. The van der Waals surface area contributed by atoms with E-state index in [0.717, 1.165) is 28.3 Å². The lowest BCUT2D eigenvalue weighted by Gasteiger charge is -2.32. The van der Waals surface area contributed by atoms with E-state index in [1.54, 1.807) is 38.1 Å². The van der Waals surface area contributed by atoms with Gasteiger partial charge in [-0.2, -0.15) is 0 Å². The molecule has 0 aliphatic heterocycles. The molecule has 2 amide bonds. The normalized spacial score (nSPS) is 12.1. The molecule has 0 heterocycles. The zero-order valence-electron chi connectivity index (χ0n) is 19.5. The van der Waals surface area contributed by atoms with Crippen molar-refractivity contribution in [1.82, 2.24) is 10.2 Å². The highest BCUT2D eigenvalue weighted by atomic mass is 35.5. The summed E-state index contributed by atoms with van der Waals surface area (Å²) in [6.07, 6.45) is 1.25. The lowest BCUT2D eigenvalue weighted by Crippen LogP contribution is -2.52. The van der Waals surface area contributed by atoms with E-state index in [4.69, 9.17) is 16.3 Å². The Morgan fingerprint density at radius 2 is 1.79 bits per heavy atom. The Balaban J connectivity index is 2.44.